The molecule has 1 aliphatic rings. The molecule has 1 aliphatic heterocycles. The van der Waals surface area contributed by atoms with Gasteiger partial charge in [0, 0.05) is 25.6 Å². The van der Waals surface area contributed by atoms with Crippen LogP contribution in [0.15, 0.2) is 47.1 Å². The normalized spacial score (nSPS) is 19.2. The fourth-order valence-corrected chi connectivity index (χ4v) is 3.55. The number of benzene rings is 1. The molecule has 1 fully saturated rings. The first-order valence-electron chi connectivity index (χ1n) is 9.39. The number of halogens is 1. The first kappa shape index (κ1) is 18.6. The van der Waals surface area contributed by atoms with Crippen molar-refractivity contribution < 1.29 is 13.6 Å². The van der Waals surface area contributed by atoms with Gasteiger partial charge in [-0.1, -0.05) is 12.1 Å². The van der Waals surface area contributed by atoms with E-state index in [0.717, 1.165) is 50.1 Å². The third kappa shape index (κ3) is 5.43. The summed E-state index contributed by atoms with van der Waals surface area (Å²) < 4.78 is 18.7. The monoisotopic (exact) mass is 358 g/mol. The predicted octanol–water partition coefficient (Wildman–Crippen LogP) is 3.77. The summed E-state index contributed by atoms with van der Waals surface area (Å²) in [6.07, 6.45) is 5.27. The number of carbonyl (C=O) groups is 1. The number of hydrogen-bond donors (Lipinski definition) is 1. The first-order chi connectivity index (χ1) is 12.6. The van der Waals surface area contributed by atoms with Gasteiger partial charge in [-0.25, -0.2) is 4.39 Å². The summed E-state index contributed by atoms with van der Waals surface area (Å²) >= 11 is 0. The Labute approximate surface area is 154 Å². The number of rotatable bonds is 7. The van der Waals surface area contributed by atoms with Crippen LogP contribution in [-0.4, -0.2) is 29.9 Å². The van der Waals surface area contributed by atoms with E-state index in [-0.39, 0.29) is 23.7 Å². The minimum Gasteiger partial charge on any atom is -0.469 e. The zero-order valence-corrected chi connectivity index (χ0v) is 15.3. The topological polar surface area (TPSA) is 45.5 Å². The van der Waals surface area contributed by atoms with E-state index in [0.29, 0.717) is 6.54 Å². The van der Waals surface area contributed by atoms with Gasteiger partial charge in [-0.15, -0.1) is 0 Å². The van der Waals surface area contributed by atoms with Crippen LogP contribution in [0.4, 0.5) is 4.39 Å². The quantitative estimate of drug-likeness (QED) is 0.819. The van der Waals surface area contributed by atoms with Crippen molar-refractivity contribution in [3.8, 4) is 0 Å². The Morgan fingerprint density at radius 3 is 3.04 bits per heavy atom. The number of carbonyl (C=O) groups excluding carboxylic acids is 1. The Kier molecular flexibility index (Phi) is 6.45. The van der Waals surface area contributed by atoms with Gasteiger partial charge in [0.2, 0.25) is 5.91 Å². The van der Waals surface area contributed by atoms with E-state index in [2.05, 4.69) is 10.2 Å². The van der Waals surface area contributed by atoms with Crippen LogP contribution >= 0.6 is 0 Å². The molecule has 1 saturated heterocycles. The van der Waals surface area contributed by atoms with Gasteiger partial charge in [-0.3, -0.25) is 9.69 Å². The molecule has 2 aromatic rings. The van der Waals surface area contributed by atoms with Crippen molar-refractivity contribution in [1.82, 2.24) is 10.2 Å². The molecular weight excluding hydrogens is 331 g/mol. The lowest BCUT2D eigenvalue weighted by molar-refractivity contribution is -0.127. The highest BCUT2D eigenvalue weighted by atomic mass is 19.1. The maximum absolute atomic E-state index is 13.4. The molecule has 0 saturated carbocycles. The standard InChI is InChI=1S/C21H27FN2O2/c1-16(9-10-20-8-4-12-26-20)23-21(25)18-6-3-11-24(15-18)14-17-5-2-7-19(22)13-17/h2,4-5,7-8,12-13,16,18H,3,6,9-11,14-15H2,1H3,(H,23,25). The molecule has 5 heteroatoms. The van der Waals surface area contributed by atoms with Crippen LogP contribution < -0.4 is 5.32 Å². The Hall–Kier alpha value is -2.14. The smallest absolute Gasteiger partial charge is 0.224 e. The second kappa shape index (κ2) is 8.99. The van der Waals surface area contributed by atoms with Crippen molar-refractivity contribution >= 4 is 5.91 Å². The summed E-state index contributed by atoms with van der Waals surface area (Å²) in [6, 6.07) is 10.7. The van der Waals surface area contributed by atoms with Crippen molar-refractivity contribution in [2.75, 3.05) is 13.1 Å². The summed E-state index contributed by atoms with van der Waals surface area (Å²) in [7, 11) is 0. The number of hydrogen-bond acceptors (Lipinski definition) is 3. The number of furan rings is 1. The average Bonchev–Trinajstić information content (AvgIpc) is 3.14. The van der Waals surface area contributed by atoms with Gasteiger partial charge in [-0.05, 0) is 62.6 Å². The van der Waals surface area contributed by atoms with Gasteiger partial charge < -0.3 is 9.73 Å². The maximum atomic E-state index is 13.4. The molecule has 140 valence electrons. The van der Waals surface area contributed by atoms with Gasteiger partial charge in [0.1, 0.15) is 11.6 Å². The molecule has 0 aliphatic carbocycles. The summed E-state index contributed by atoms with van der Waals surface area (Å²) in [5.41, 5.74) is 0.956. The van der Waals surface area contributed by atoms with Crippen LogP contribution in [0.25, 0.3) is 0 Å². The molecule has 0 bridgehead atoms. The van der Waals surface area contributed by atoms with Crippen LogP contribution in [-0.2, 0) is 17.8 Å². The van der Waals surface area contributed by atoms with E-state index in [4.69, 9.17) is 4.42 Å². The van der Waals surface area contributed by atoms with Crippen LogP contribution in [0.1, 0.15) is 37.5 Å². The van der Waals surface area contributed by atoms with Gasteiger partial charge in [-0.2, -0.15) is 0 Å². The van der Waals surface area contributed by atoms with E-state index in [1.54, 1.807) is 18.4 Å². The maximum Gasteiger partial charge on any atom is 0.224 e. The third-order valence-corrected chi connectivity index (χ3v) is 4.96. The molecule has 2 heterocycles. The van der Waals surface area contributed by atoms with E-state index < -0.39 is 0 Å². The predicted molar refractivity (Wildman–Crippen MR) is 99.0 cm³/mol. The lowest BCUT2D eigenvalue weighted by Gasteiger charge is -2.32. The van der Waals surface area contributed by atoms with Gasteiger partial charge in [0.05, 0.1) is 12.2 Å². The van der Waals surface area contributed by atoms with E-state index in [1.807, 2.05) is 25.1 Å². The number of nitrogens with zero attached hydrogens (tertiary/aromatic N) is 1. The Morgan fingerprint density at radius 1 is 1.38 bits per heavy atom. The molecule has 3 rings (SSSR count). The molecule has 2 atom stereocenters. The Balaban J connectivity index is 1.46. The summed E-state index contributed by atoms with van der Waals surface area (Å²) in [5, 5.41) is 3.14. The molecule has 1 aromatic carbocycles. The molecule has 1 amide bonds. The second-order valence-corrected chi connectivity index (χ2v) is 7.23. The SMILES string of the molecule is CC(CCc1ccco1)NC(=O)C1CCCN(Cc2cccc(F)c2)C1. The molecule has 2 unspecified atom stereocenters. The van der Waals surface area contributed by atoms with Crippen LogP contribution in [0.2, 0.25) is 0 Å². The highest BCUT2D eigenvalue weighted by molar-refractivity contribution is 5.79. The summed E-state index contributed by atoms with van der Waals surface area (Å²) in [6.45, 7) is 4.41. The van der Waals surface area contributed by atoms with Crippen LogP contribution in [0.5, 0.6) is 0 Å². The highest BCUT2D eigenvalue weighted by Gasteiger charge is 2.26. The zero-order valence-electron chi connectivity index (χ0n) is 15.3. The number of aryl methyl sites for hydroxylation is 1. The number of amides is 1. The third-order valence-electron chi connectivity index (χ3n) is 4.96. The fraction of sp³-hybridized carbons (Fsp3) is 0.476. The van der Waals surface area contributed by atoms with Crippen molar-refractivity contribution in [3.63, 3.8) is 0 Å². The molecule has 0 spiro atoms. The van der Waals surface area contributed by atoms with Gasteiger partial charge in [0.25, 0.3) is 0 Å². The first-order valence-corrected chi connectivity index (χ1v) is 9.39. The number of piperidine rings is 1. The molecule has 26 heavy (non-hydrogen) atoms. The molecule has 1 N–H and O–H groups in total. The zero-order chi connectivity index (χ0) is 18.4. The Bertz CT molecular complexity index is 702. The van der Waals surface area contributed by atoms with Gasteiger partial charge >= 0.3 is 0 Å². The van der Waals surface area contributed by atoms with Crippen molar-refractivity contribution in [1.29, 1.82) is 0 Å². The average molecular weight is 358 g/mol. The van der Waals surface area contributed by atoms with Gasteiger partial charge in [0.15, 0.2) is 0 Å². The summed E-state index contributed by atoms with van der Waals surface area (Å²) in [4.78, 5) is 14.8. The molecule has 0 radical (unpaired) electrons. The van der Waals surface area contributed by atoms with Crippen LogP contribution in [0, 0.1) is 11.7 Å². The minimum absolute atomic E-state index is 0.00312. The molecular formula is C21H27FN2O2. The number of likely N-dealkylation sites (tertiary alicyclic amines) is 1. The number of nitrogens with one attached hydrogen (secondary N) is 1. The molecule has 4 nitrogen and oxygen atoms in total. The van der Waals surface area contributed by atoms with Crippen molar-refractivity contribution in [2.45, 2.75) is 45.2 Å². The molecule has 1 aromatic heterocycles. The highest BCUT2D eigenvalue weighted by Crippen LogP contribution is 2.19. The lowest BCUT2D eigenvalue weighted by atomic mass is 9.96. The van der Waals surface area contributed by atoms with E-state index in [9.17, 15) is 9.18 Å². The minimum atomic E-state index is -0.209. The van der Waals surface area contributed by atoms with Crippen LogP contribution in [0.3, 0.4) is 0 Å². The summed E-state index contributed by atoms with van der Waals surface area (Å²) in [5.74, 6) is 0.869. The second-order valence-electron chi connectivity index (χ2n) is 7.23. The largest absolute Gasteiger partial charge is 0.469 e. The van der Waals surface area contributed by atoms with E-state index in [1.165, 1.54) is 6.07 Å². The fourth-order valence-electron chi connectivity index (χ4n) is 3.55. The van der Waals surface area contributed by atoms with Crippen molar-refractivity contribution in [3.05, 3.63) is 59.8 Å². The van der Waals surface area contributed by atoms with E-state index >= 15 is 0 Å². The van der Waals surface area contributed by atoms with Crippen molar-refractivity contribution in [2.24, 2.45) is 5.92 Å². The Morgan fingerprint density at radius 2 is 2.27 bits per heavy atom. The lowest BCUT2D eigenvalue weighted by Crippen LogP contribution is -2.45.